The van der Waals surface area contributed by atoms with Gasteiger partial charge in [-0.05, 0) is 0 Å². The summed E-state index contributed by atoms with van der Waals surface area (Å²) in [5.74, 6) is 2.99. The second-order valence-corrected chi connectivity index (χ2v) is 4.35. The molecule has 0 bridgehead atoms. The van der Waals surface area contributed by atoms with Crippen LogP contribution in [0.4, 0.5) is 5.82 Å². The molecule has 0 saturated heterocycles. The molecule has 4 N–H and O–H groups in total. The first-order valence-electron chi connectivity index (χ1n) is 4.86. The van der Waals surface area contributed by atoms with E-state index in [0.29, 0.717) is 30.3 Å². The van der Waals surface area contributed by atoms with Gasteiger partial charge in [0.15, 0.2) is 0 Å². The van der Waals surface area contributed by atoms with Crippen LogP contribution in [0.15, 0.2) is 12.7 Å². The van der Waals surface area contributed by atoms with Crippen LogP contribution in [0.2, 0.25) is 0 Å². The number of ether oxygens (including phenoxy) is 1. The summed E-state index contributed by atoms with van der Waals surface area (Å²) in [6, 6.07) is 0. The van der Waals surface area contributed by atoms with Crippen molar-refractivity contribution in [2.24, 2.45) is 0 Å². The molecular formula is C9H12N5O2PS. The molecule has 0 aliphatic rings. The van der Waals surface area contributed by atoms with E-state index in [1.807, 2.05) is 11.5 Å². The Morgan fingerprint density at radius 1 is 1.56 bits per heavy atom. The van der Waals surface area contributed by atoms with Crippen LogP contribution in [0.1, 0.15) is 6.92 Å². The number of nitrogens with zero attached hydrogens (tertiary/aromatic N) is 4. The zero-order valence-corrected chi connectivity index (χ0v) is 11.3. The molecule has 2 rings (SSSR count). The summed E-state index contributed by atoms with van der Waals surface area (Å²) in [4.78, 5) is 12.2. The molecule has 9 heteroatoms. The molecule has 0 saturated carbocycles. The van der Waals surface area contributed by atoms with Crippen LogP contribution in [0, 0.1) is 5.81 Å². The Morgan fingerprint density at radius 3 is 3.06 bits per heavy atom. The van der Waals surface area contributed by atoms with Gasteiger partial charge in [0, 0.05) is 0 Å². The van der Waals surface area contributed by atoms with Crippen LogP contribution < -0.4 is 5.73 Å². The van der Waals surface area contributed by atoms with Gasteiger partial charge in [-0.3, -0.25) is 0 Å². The summed E-state index contributed by atoms with van der Waals surface area (Å²) in [5, 5.41) is 0. The number of nitrogen functional groups attached to an aromatic ring is 1. The Kier molecular flexibility index (Phi) is 5.40. The van der Waals surface area contributed by atoms with Gasteiger partial charge in [-0.1, -0.05) is 0 Å². The monoisotopic (exact) mass is 285 g/mol. The first kappa shape index (κ1) is 14.8. The van der Waals surface area contributed by atoms with E-state index in [9.17, 15) is 0 Å². The summed E-state index contributed by atoms with van der Waals surface area (Å²) in [5.41, 5.74) is 7.00. The summed E-state index contributed by atoms with van der Waals surface area (Å²) in [6.07, 6.45) is 3.03. The van der Waals surface area contributed by atoms with E-state index in [2.05, 4.69) is 20.8 Å². The van der Waals surface area contributed by atoms with Crippen LogP contribution in [0.25, 0.3) is 11.2 Å². The summed E-state index contributed by atoms with van der Waals surface area (Å²) < 4.78 is 7.11. The first-order valence-corrected chi connectivity index (χ1v) is 6.77. The van der Waals surface area contributed by atoms with Crippen LogP contribution in [0.5, 0.6) is 0 Å². The Hall–Kier alpha value is -1.30. The minimum Gasteiger partial charge on any atom is -0.412 e. The topological polar surface area (TPSA) is 110 Å². The van der Waals surface area contributed by atoms with Crippen molar-refractivity contribution in [1.82, 2.24) is 19.5 Å². The molecule has 96 valence electrons. The molecule has 0 aliphatic carbocycles. The molecule has 0 amide bonds. The van der Waals surface area contributed by atoms with Crippen LogP contribution >= 0.6 is 6.81 Å². The number of imidazole rings is 1. The third-order valence-corrected chi connectivity index (χ3v) is 2.58. The Morgan fingerprint density at radius 2 is 2.33 bits per heavy atom. The van der Waals surface area contributed by atoms with Gasteiger partial charge in [-0.2, -0.15) is 0 Å². The Bertz CT molecular complexity index is 640. The zero-order valence-electron chi connectivity index (χ0n) is 9.57. The minimum atomic E-state index is -0.0564. The molecule has 7 nitrogen and oxygen atoms in total. The average Bonchev–Trinajstić information content (AvgIpc) is 2.71. The molecule has 0 spiro atoms. The fraction of sp³-hybridized carbons (Fsp3) is 0.333. The van der Waals surface area contributed by atoms with Crippen molar-refractivity contribution in [2.45, 2.75) is 19.6 Å². The summed E-state index contributed by atoms with van der Waals surface area (Å²) in [7, 11) is 0. The standard InChI is InChI=1S/C9H10N5OPS.H2O/c1-6(15-5-16-17)2-14-4-13-7-8(10)11-3-12-9(7)14;/h3-4,6H,2H2,1H3,(H2,10,11,12);1H2/t6-;/m1./s1. The Labute approximate surface area is 109 Å². The molecular weight excluding hydrogens is 273 g/mol. The second-order valence-electron chi connectivity index (χ2n) is 3.44. The van der Waals surface area contributed by atoms with E-state index >= 15 is 0 Å². The molecule has 2 aromatic heterocycles. The van der Waals surface area contributed by atoms with Crippen LogP contribution in [-0.2, 0) is 23.1 Å². The fourth-order valence-corrected chi connectivity index (χ4v) is 1.81. The molecule has 2 heterocycles. The van der Waals surface area contributed by atoms with E-state index in [1.54, 1.807) is 6.33 Å². The maximum Gasteiger partial charge on any atom is -0.412 e. The largest absolute Gasteiger partial charge is 0.412 e. The first-order chi connectivity index (χ1) is 8.22. The second kappa shape index (κ2) is 6.58. The van der Waals surface area contributed by atoms with Crippen molar-refractivity contribution in [2.75, 3.05) is 5.73 Å². The maximum absolute atomic E-state index is 5.70. The number of hydrogen-bond acceptors (Lipinski definition) is 6. The van der Waals surface area contributed by atoms with E-state index in [0.717, 1.165) is 0 Å². The molecule has 0 unspecified atom stereocenters. The predicted octanol–water partition coefficient (Wildman–Crippen LogP) is 0.314. The van der Waals surface area contributed by atoms with Gasteiger partial charge >= 0.3 is 104 Å². The third kappa shape index (κ3) is 3.13. The van der Waals surface area contributed by atoms with Crippen molar-refractivity contribution in [3.05, 3.63) is 12.7 Å². The number of aromatic nitrogens is 4. The van der Waals surface area contributed by atoms with Gasteiger partial charge in [0.25, 0.3) is 0 Å². The van der Waals surface area contributed by atoms with Crippen molar-refractivity contribution in [3.63, 3.8) is 0 Å². The van der Waals surface area contributed by atoms with E-state index in [1.165, 1.54) is 6.33 Å². The van der Waals surface area contributed by atoms with Crippen molar-refractivity contribution in [1.29, 1.82) is 0 Å². The van der Waals surface area contributed by atoms with Crippen molar-refractivity contribution < 1.29 is 10.2 Å². The quantitative estimate of drug-likeness (QED) is 0.813. The predicted molar refractivity (Wildman–Crippen MR) is 72.1 cm³/mol. The van der Waals surface area contributed by atoms with Gasteiger partial charge in [-0.25, -0.2) is 0 Å². The normalized spacial score (nSPS) is 11.6. The molecule has 1 atom stereocenters. The molecule has 0 aromatic carbocycles. The van der Waals surface area contributed by atoms with E-state index in [4.69, 9.17) is 22.3 Å². The van der Waals surface area contributed by atoms with Gasteiger partial charge in [-0.15, -0.1) is 0 Å². The number of anilines is 1. The smallest absolute Gasteiger partial charge is 0.412 e. The maximum atomic E-state index is 5.70. The summed E-state index contributed by atoms with van der Waals surface area (Å²) in [6.45, 7) is 3.09. The van der Waals surface area contributed by atoms with Gasteiger partial charge in [0.05, 0.1) is 0 Å². The zero-order chi connectivity index (χ0) is 12.3. The van der Waals surface area contributed by atoms with Gasteiger partial charge < -0.3 is 5.48 Å². The van der Waals surface area contributed by atoms with E-state index in [-0.39, 0.29) is 11.6 Å². The SMILES string of the molecule is C[C@H](Cn1cnc2c(N)ncnc21)OC#P=S.O. The van der Waals surface area contributed by atoms with Gasteiger partial charge in [0.1, 0.15) is 0 Å². The molecule has 0 radical (unpaired) electrons. The third-order valence-electron chi connectivity index (χ3n) is 2.17. The van der Waals surface area contributed by atoms with Crippen molar-refractivity contribution in [3.8, 4) is 5.81 Å². The number of fused-ring (bicyclic) bond motifs is 1. The molecule has 0 fully saturated rings. The molecule has 2 aromatic rings. The van der Waals surface area contributed by atoms with E-state index < -0.39 is 0 Å². The average molecular weight is 285 g/mol. The number of rotatable bonds is 3. The fourth-order valence-electron chi connectivity index (χ4n) is 1.46. The van der Waals surface area contributed by atoms with Crippen LogP contribution in [-0.4, -0.2) is 31.1 Å². The summed E-state index contributed by atoms with van der Waals surface area (Å²) >= 11 is 4.69. The van der Waals surface area contributed by atoms with Crippen LogP contribution in [0.3, 0.4) is 0 Å². The van der Waals surface area contributed by atoms with Crippen molar-refractivity contribution >= 4 is 35.6 Å². The van der Waals surface area contributed by atoms with Gasteiger partial charge in [0.2, 0.25) is 0 Å². The number of hydrogen-bond donors (Lipinski definition) is 1. The minimum absolute atomic E-state index is 0. The number of nitrogens with two attached hydrogens (primary N) is 1. The molecule has 18 heavy (non-hydrogen) atoms. The Balaban J connectivity index is 0.00000162. The molecule has 0 aliphatic heterocycles.